The lowest BCUT2D eigenvalue weighted by Gasteiger charge is -2.18. The first-order chi connectivity index (χ1) is 12.1. The summed E-state index contributed by atoms with van der Waals surface area (Å²) in [5.74, 6) is 1.45. The Kier molecular flexibility index (Phi) is 7.14. The van der Waals surface area contributed by atoms with Crippen molar-refractivity contribution >= 4 is 6.03 Å². The Labute approximate surface area is 149 Å². The van der Waals surface area contributed by atoms with E-state index in [1.54, 1.807) is 19.1 Å². The highest BCUT2D eigenvalue weighted by Crippen LogP contribution is 2.28. The van der Waals surface area contributed by atoms with Gasteiger partial charge in [-0.05, 0) is 36.6 Å². The number of nitrogens with one attached hydrogen (secondary N) is 1. The molecule has 0 unspecified atom stereocenters. The average molecular weight is 342 g/mol. The summed E-state index contributed by atoms with van der Waals surface area (Å²) >= 11 is 0. The molecule has 2 aromatic rings. The van der Waals surface area contributed by atoms with Crippen LogP contribution in [0, 0.1) is 0 Å². The molecule has 0 radical (unpaired) electrons. The smallest absolute Gasteiger partial charge is 0.317 e. The van der Waals surface area contributed by atoms with Crippen LogP contribution in [0.15, 0.2) is 48.5 Å². The maximum Gasteiger partial charge on any atom is 0.317 e. The van der Waals surface area contributed by atoms with Gasteiger partial charge in [0.25, 0.3) is 0 Å². The van der Waals surface area contributed by atoms with Gasteiger partial charge in [0, 0.05) is 20.1 Å². The van der Waals surface area contributed by atoms with Crippen LogP contribution in [0.4, 0.5) is 4.79 Å². The second-order valence-corrected chi connectivity index (χ2v) is 5.74. The Morgan fingerprint density at radius 3 is 2.52 bits per heavy atom. The molecule has 0 aromatic heterocycles. The molecule has 0 atom stereocenters. The molecule has 0 aliphatic heterocycles. The van der Waals surface area contributed by atoms with Crippen LogP contribution in [0.25, 0.3) is 0 Å². The van der Waals surface area contributed by atoms with E-state index in [0.29, 0.717) is 25.4 Å². The normalized spacial score (nSPS) is 10.2. The zero-order valence-corrected chi connectivity index (χ0v) is 15.1. The van der Waals surface area contributed by atoms with E-state index in [4.69, 9.17) is 9.47 Å². The van der Waals surface area contributed by atoms with Gasteiger partial charge in [-0.3, -0.25) is 0 Å². The molecule has 0 fully saturated rings. The van der Waals surface area contributed by atoms with Gasteiger partial charge in [0.1, 0.15) is 0 Å². The first-order valence-electron chi connectivity index (χ1n) is 8.46. The quantitative estimate of drug-likeness (QED) is 0.799. The van der Waals surface area contributed by atoms with Gasteiger partial charge in [0.2, 0.25) is 0 Å². The molecule has 1 N–H and O–H groups in total. The summed E-state index contributed by atoms with van der Waals surface area (Å²) in [6.45, 7) is 3.69. The number of amides is 2. The van der Waals surface area contributed by atoms with E-state index in [-0.39, 0.29) is 6.03 Å². The standard InChI is InChI=1S/C20H26N2O3/c1-4-25-18-11-10-16(14-19(18)24-3)12-13-21-20(23)22(2)15-17-8-6-5-7-9-17/h5-11,14H,4,12-13,15H2,1-3H3,(H,21,23). The third kappa shape index (κ3) is 5.71. The number of nitrogens with zero attached hydrogens (tertiary/aromatic N) is 1. The van der Waals surface area contributed by atoms with Gasteiger partial charge in [-0.25, -0.2) is 4.79 Å². The number of ether oxygens (including phenoxy) is 2. The molecule has 0 aliphatic rings. The lowest BCUT2D eigenvalue weighted by molar-refractivity contribution is 0.207. The Hall–Kier alpha value is -2.69. The summed E-state index contributed by atoms with van der Waals surface area (Å²) in [6, 6.07) is 15.7. The highest BCUT2D eigenvalue weighted by Gasteiger charge is 2.09. The van der Waals surface area contributed by atoms with Crippen LogP contribution in [0.1, 0.15) is 18.1 Å². The molecule has 0 bridgehead atoms. The summed E-state index contributed by atoms with van der Waals surface area (Å²) in [5, 5.41) is 2.94. The first kappa shape index (κ1) is 18.6. The van der Waals surface area contributed by atoms with Gasteiger partial charge in [-0.15, -0.1) is 0 Å². The van der Waals surface area contributed by atoms with Crippen molar-refractivity contribution in [2.45, 2.75) is 19.9 Å². The summed E-state index contributed by atoms with van der Waals surface area (Å²) in [4.78, 5) is 13.8. The van der Waals surface area contributed by atoms with Gasteiger partial charge in [-0.2, -0.15) is 0 Å². The lowest BCUT2D eigenvalue weighted by Crippen LogP contribution is -2.37. The highest BCUT2D eigenvalue weighted by molar-refractivity contribution is 5.73. The third-order valence-corrected chi connectivity index (χ3v) is 3.83. The van der Waals surface area contributed by atoms with Crippen molar-refractivity contribution in [3.05, 3.63) is 59.7 Å². The summed E-state index contributed by atoms with van der Waals surface area (Å²) < 4.78 is 10.9. The number of carbonyl (C=O) groups is 1. The summed E-state index contributed by atoms with van der Waals surface area (Å²) in [7, 11) is 3.42. The topological polar surface area (TPSA) is 50.8 Å². The van der Waals surface area contributed by atoms with Crippen molar-refractivity contribution in [2.24, 2.45) is 0 Å². The molecule has 134 valence electrons. The monoisotopic (exact) mass is 342 g/mol. The number of carbonyl (C=O) groups excluding carboxylic acids is 1. The number of hydrogen-bond acceptors (Lipinski definition) is 3. The molecule has 0 aliphatic carbocycles. The first-order valence-corrected chi connectivity index (χ1v) is 8.46. The van der Waals surface area contributed by atoms with Crippen LogP contribution < -0.4 is 14.8 Å². The maximum atomic E-state index is 12.2. The third-order valence-electron chi connectivity index (χ3n) is 3.83. The van der Waals surface area contributed by atoms with Crippen molar-refractivity contribution in [1.82, 2.24) is 10.2 Å². The predicted octanol–water partition coefficient (Wildman–Crippen LogP) is 3.48. The molecule has 2 rings (SSSR count). The number of methoxy groups -OCH3 is 1. The number of hydrogen-bond donors (Lipinski definition) is 1. The zero-order valence-electron chi connectivity index (χ0n) is 15.1. The molecule has 0 saturated carbocycles. The van der Waals surface area contributed by atoms with E-state index in [1.807, 2.05) is 55.5 Å². The largest absolute Gasteiger partial charge is 0.493 e. The molecule has 5 nitrogen and oxygen atoms in total. The summed E-state index contributed by atoms with van der Waals surface area (Å²) in [5.41, 5.74) is 2.20. The van der Waals surface area contributed by atoms with Crippen LogP contribution in [0.2, 0.25) is 0 Å². The lowest BCUT2D eigenvalue weighted by atomic mass is 10.1. The fourth-order valence-corrected chi connectivity index (χ4v) is 2.52. The molecule has 25 heavy (non-hydrogen) atoms. The van der Waals surface area contributed by atoms with Crippen molar-refractivity contribution in [3.8, 4) is 11.5 Å². The van der Waals surface area contributed by atoms with Crippen LogP contribution in [0.5, 0.6) is 11.5 Å². The van der Waals surface area contributed by atoms with E-state index in [9.17, 15) is 4.79 Å². The molecule has 2 aromatic carbocycles. The molecule has 0 spiro atoms. The predicted molar refractivity (Wildman–Crippen MR) is 99.2 cm³/mol. The van der Waals surface area contributed by atoms with E-state index in [1.165, 1.54) is 0 Å². The Bertz CT molecular complexity index is 674. The fraction of sp³-hybridized carbons (Fsp3) is 0.350. The van der Waals surface area contributed by atoms with E-state index in [2.05, 4.69) is 5.32 Å². The van der Waals surface area contributed by atoms with E-state index >= 15 is 0 Å². The van der Waals surface area contributed by atoms with Crippen LogP contribution >= 0.6 is 0 Å². The Morgan fingerprint density at radius 2 is 1.84 bits per heavy atom. The molecule has 0 heterocycles. The molecular weight excluding hydrogens is 316 g/mol. The maximum absolute atomic E-state index is 12.2. The van der Waals surface area contributed by atoms with Gasteiger partial charge >= 0.3 is 6.03 Å². The van der Waals surface area contributed by atoms with Crippen LogP contribution in [-0.2, 0) is 13.0 Å². The zero-order chi connectivity index (χ0) is 18.1. The van der Waals surface area contributed by atoms with Gasteiger partial charge in [-0.1, -0.05) is 36.4 Å². The Balaban J connectivity index is 1.82. The fourth-order valence-electron chi connectivity index (χ4n) is 2.52. The Morgan fingerprint density at radius 1 is 1.08 bits per heavy atom. The molecule has 2 amide bonds. The number of urea groups is 1. The van der Waals surface area contributed by atoms with E-state index in [0.717, 1.165) is 23.3 Å². The van der Waals surface area contributed by atoms with Crippen LogP contribution in [-0.4, -0.2) is 38.2 Å². The minimum absolute atomic E-state index is 0.0817. The highest BCUT2D eigenvalue weighted by atomic mass is 16.5. The van der Waals surface area contributed by atoms with Crippen molar-refractivity contribution in [1.29, 1.82) is 0 Å². The van der Waals surface area contributed by atoms with Crippen molar-refractivity contribution in [2.75, 3.05) is 27.3 Å². The number of benzene rings is 2. The molecular formula is C20H26N2O3. The minimum Gasteiger partial charge on any atom is -0.493 e. The molecule has 5 heteroatoms. The van der Waals surface area contributed by atoms with Gasteiger partial charge in [0.05, 0.1) is 13.7 Å². The minimum atomic E-state index is -0.0817. The second-order valence-electron chi connectivity index (χ2n) is 5.74. The SMILES string of the molecule is CCOc1ccc(CCNC(=O)N(C)Cc2ccccc2)cc1OC. The molecule has 0 saturated heterocycles. The number of rotatable bonds is 8. The second kappa shape index (κ2) is 9.57. The van der Waals surface area contributed by atoms with Crippen molar-refractivity contribution < 1.29 is 14.3 Å². The van der Waals surface area contributed by atoms with Gasteiger partial charge in [0.15, 0.2) is 11.5 Å². The summed E-state index contributed by atoms with van der Waals surface area (Å²) in [6.07, 6.45) is 0.730. The van der Waals surface area contributed by atoms with Gasteiger partial charge < -0.3 is 19.7 Å². The average Bonchev–Trinajstić information content (AvgIpc) is 2.63. The van der Waals surface area contributed by atoms with E-state index < -0.39 is 0 Å². The van der Waals surface area contributed by atoms with Crippen LogP contribution in [0.3, 0.4) is 0 Å². The van der Waals surface area contributed by atoms with Crippen molar-refractivity contribution in [3.63, 3.8) is 0 Å².